The summed E-state index contributed by atoms with van der Waals surface area (Å²) in [6, 6.07) is 2.46. The summed E-state index contributed by atoms with van der Waals surface area (Å²) in [6.45, 7) is 13.9. The lowest BCUT2D eigenvalue weighted by Gasteiger charge is -2.37. The number of alkyl carbamates (subject to hydrolysis) is 1. The summed E-state index contributed by atoms with van der Waals surface area (Å²) in [7, 11) is 0. The van der Waals surface area contributed by atoms with Gasteiger partial charge in [0.25, 0.3) is 5.91 Å². The summed E-state index contributed by atoms with van der Waals surface area (Å²) in [5.41, 5.74) is -1.90. The zero-order valence-electron chi connectivity index (χ0n) is 28.5. The summed E-state index contributed by atoms with van der Waals surface area (Å²) < 4.78 is 5.41. The number of hydrogen-bond donors (Lipinski definition) is 4. The first-order chi connectivity index (χ1) is 21.4. The molecular formula is C34H52N4O8. The number of carboxylic acid groups (broad SMARTS) is 1. The van der Waals surface area contributed by atoms with Crippen molar-refractivity contribution in [1.82, 2.24) is 15.5 Å². The average Bonchev–Trinajstić information content (AvgIpc) is 3.32. The minimum absolute atomic E-state index is 0.0857. The summed E-state index contributed by atoms with van der Waals surface area (Å²) >= 11 is 0. The molecule has 0 radical (unpaired) electrons. The van der Waals surface area contributed by atoms with Crippen molar-refractivity contribution in [1.29, 1.82) is 0 Å². The summed E-state index contributed by atoms with van der Waals surface area (Å²) in [4.78, 5) is 72.3. The van der Waals surface area contributed by atoms with Gasteiger partial charge in [0.05, 0.1) is 5.69 Å². The Morgan fingerprint density at radius 3 is 2.26 bits per heavy atom. The molecule has 0 bridgehead atoms. The molecule has 0 spiro atoms. The Balaban J connectivity index is 2.65. The number of rotatable bonds is 16. The molecular weight excluding hydrogens is 592 g/mol. The van der Waals surface area contributed by atoms with E-state index >= 15 is 0 Å². The van der Waals surface area contributed by atoms with Crippen LogP contribution in [0.5, 0.6) is 0 Å². The monoisotopic (exact) mass is 644 g/mol. The van der Waals surface area contributed by atoms with Crippen LogP contribution >= 0.6 is 0 Å². The summed E-state index contributed by atoms with van der Waals surface area (Å²) in [6.07, 6.45) is 3.50. The molecule has 0 saturated heterocycles. The van der Waals surface area contributed by atoms with Crippen LogP contribution in [0.25, 0.3) is 0 Å². The number of imide groups is 1. The van der Waals surface area contributed by atoms with Crippen LogP contribution in [0.4, 0.5) is 10.5 Å². The third kappa shape index (κ3) is 10.6. The van der Waals surface area contributed by atoms with Gasteiger partial charge in [-0.25, -0.2) is 4.79 Å². The van der Waals surface area contributed by atoms with Crippen LogP contribution in [-0.4, -0.2) is 74.8 Å². The largest absolute Gasteiger partial charge is 0.480 e. The van der Waals surface area contributed by atoms with Crippen LogP contribution in [0.3, 0.4) is 0 Å². The molecule has 1 heterocycles. The Morgan fingerprint density at radius 2 is 1.67 bits per heavy atom. The highest BCUT2D eigenvalue weighted by molar-refractivity contribution is 6.04. The molecule has 1 aliphatic heterocycles. The number of benzene rings is 1. The molecule has 0 unspecified atom stereocenters. The Morgan fingerprint density at radius 1 is 1.02 bits per heavy atom. The molecule has 0 aliphatic carbocycles. The van der Waals surface area contributed by atoms with Crippen LogP contribution in [-0.2, 0) is 29.5 Å². The molecule has 4 amide bonds. The van der Waals surface area contributed by atoms with Gasteiger partial charge in [0, 0.05) is 24.6 Å². The highest BCUT2D eigenvalue weighted by Crippen LogP contribution is 2.39. The molecule has 1 aromatic rings. The number of ether oxygens (including phenoxy) is 1. The topological polar surface area (TPSA) is 175 Å². The smallest absolute Gasteiger partial charge is 0.408 e. The molecule has 0 aromatic heterocycles. The molecule has 6 atom stereocenters. The van der Waals surface area contributed by atoms with Crippen LogP contribution in [0.15, 0.2) is 29.3 Å². The Labute approximate surface area is 272 Å². The maximum Gasteiger partial charge on any atom is 0.408 e. The molecule has 256 valence electrons. The number of amides is 4. The number of aliphatic imine (C=N–C) groups is 1. The van der Waals surface area contributed by atoms with Gasteiger partial charge in [-0.1, -0.05) is 71.6 Å². The zero-order chi connectivity index (χ0) is 34.8. The normalized spacial score (nSPS) is 18.8. The zero-order valence-corrected chi connectivity index (χ0v) is 28.5. The first-order valence-electron chi connectivity index (χ1n) is 16.2. The Bertz CT molecular complexity index is 1280. The van der Waals surface area contributed by atoms with Crippen LogP contribution in [0.1, 0.15) is 106 Å². The Kier molecular flexibility index (Phi) is 13.9. The summed E-state index contributed by atoms with van der Waals surface area (Å²) in [5.74, 6) is -4.14. The SMILES string of the molecule is CCCC[C@H](C)CCC(=O)N(C(=O)[C@H](NC(=O)OC(C)(C)C)[C@@H](C)CC)[C@H](C[C@@]1(O)C=Nc2ccccc21)C(=O)N[C@@H](C)C(=O)O. The van der Waals surface area contributed by atoms with Crippen molar-refractivity contribution < 1.29 is 38.9 Å². The third-order valence-corrected chi connectivity index (χ3v) is 8.19. The number of carbonyl (C=O) groups is 5. The lowest BCUT2D eigenvalue weighted by molar-refractivity contribution is -0.156. The molecule has 0 fully saturated rings. The van der Waals surface area contributed by atoms with E-state index in [1.165, 1.54) is 13.1 Å². The molecule has 1 aromatic carbocycles. The van der Waals surface area contributed by atoms with Gasteiger partial charge in [-0.05, 0) is 52.0 Å². The standard InChI is InChI=1S/C34H52N4O8/c1-9-11-14-21(3)17-18-27(39)38(30(41)28(22(4)10-2)37-32(44)46-33(6,7)8)26(29(40)36-23(5)31(42)43)19-34(45)20-35-25-16-13-12-15-24(25)34/h12-13,15-16,20-23,26,28,45H,9-11,14,17-19H2,1-8H3,(H,36,40)(H,37,44)(H,42,43)/t21-,22-,23-,26+,28+,34+/m0/s1. The van der Waals surface area contributed by atoms with E-state index in [4.69, 9.17) is 4.74 Å². The molecule has 1 aliphatic rings. The fourth-order valence-corrected chi connectivity index (χ4v) is 5.23. The maximum atomic E-state index is 14.5. The number of fused-ring (bicyclic) bond motifs is 1. The number of nitrogens with zero attached hydrogens (tertiary/aromatic N) is 2. The van der Waals surface area contributed by atoms with Gasteiger partial charge in [0.15, 0.2) is 0 Å². The van der Waals surface area contributed by atoms with Gasteiger partial charge in [0.2, 0.25) is 11.8 Å². The molecule has 46 heavy (non-hydrogen) atoms. The third-order valence-electron chi connectivity index (χ3n) is 8.19. The fraction of sp³-hybridized carbons (Fsp3) is 0.647. The van der Waals surface area contributed by atoms with Gasteiger partial charge >= 0.3 is 12.1 Å². The van der Waals surface area contributed by atoms with E-state index in [0.29, 0.717) is 24.1 Å². The van der Waals surface area contributed by atoms with Gasteiger partial charge in [-0.3, -0.25) is 29.1 Å². The van der Waals surface area contributed by atoms with E-state index in [-0.39, 0.29) is 12.3 Å². The number of para-hydroxylation sites is 1. The number of unbranched alkanes of at least 4 members (excludes halogenated alkanes) is 1. The molecule has 12 nitrogen and oxygen atoms in total. The summed E-state index contributed by atoms with van der Waals surface area (Å²) in [5, 5.41) is 26.3. The molecule has 4 N–H and O–H groups in total. The van der Waals surface area contributed by atoms with Crippen molar-refractivity contribution in [3.8, 4) is 0 Å². The lowest BCUT2D eigenvalue weighted by atomic mass is 9.87. The van der Waals surface area contributed by atoms with Gasteiger partial charge in [-0.15, -0.1) is 0 Å². The van der Waals surface area contributed by atoms with Crippen LogP contribution < -0.4 is 10.6 Å². The number of aliphatic hydroxyl groups is 1. The van der Waals surface area contributed by atoms with Crippen molar-refractivity contribution in [3.63, 3.8) is 0 Å². The van der Waals surface area contributed by atoms with Crippen molar-refractivity contribution >= 4 is 41.7 Å². The number of nitrogens with one attached hydrogen (secondary N) is 2. The van der Waals surface area contributed by atoms with Gasteiger partial charge in [0.1, 0.15) is 29.3 Å². The minimum Gasteiger partial charge on any atom is -0.480 e. The number of carbonyl (C=O) groups excluding carboxylic acids is 4. The first-order valence-corrected chi connectivity index (χ1v) is 16.2. The first kappa shape index (κ1) is 38.4. The van der Waals surface area contributed by atoms with E-state index < -0.39 is 71.5 Å². The highest BCUT2D eigenvalue weighted by atomic mass is 16.6. The number of aliphatic carboxylic acids is 1. The lowest BCUT2D eigenvalue weighted by Crippen LogP contribution is -2.61. The van der Waals surface area contributed by atoms with E-state index in [2.05, 4.69) is 22.5 Å². The predicted molar refractivity (Wildman–Crippen MR) is 175 cm³/mol. The fourth-order valence-electron chi connectivity index (χ4n) is 5.23. The second kappa shape index (κ2) is 16.7. The highest BCUT2D eigenvalue weighted by Gasteiger charge is 2.46. The van der Waals surface area contributed by atoms with Crippen LogP contribution in [0, 0.1) is 11.8 Å². The second-order valence-electron chi connectivity index (χ2n) is 13.4. The predicted octanol–water partition coefficient (Wildman–Crippen LogP) is 4.84. The van der Waals surface area contributed by atoms with E-state index in [9.17, 15) is 34.2 Å². The van der Waals surface area contributed by atoms with Crippen molar-refractivity contribution in [2.75, 3.05) is 0 Å². The molecule has 0 saturated carbocycles. The second-order valence-corrected chi connectivity index (χ2v) is 13.4. The number of hydrogen-bond acceptors (Lipinski definition) is 8. The number of carboxylic acids is 1. The molecule has 2 rings (SSSR count). The van der Waals surface area contributed by atoms with Crippen molar-refractivity contribution in [3.05, 3.63) is 29.8 Å². The van der Waals surface area contributed by atoms with E-state index in [0.717, 1.165) is 24.2 Å². The van der Waals surface area contributed by atoms with Crippen molar-refractivity contribution in [2.45, 2.75) is 130 Å². The minimum atomic E-state index is -1.86. The Hall–Kier alpha value is -3.80. The quantitative estimate of drug-likeness (QED) is 0.198. The maximum absolute atomic E-state index is 14.5. The van der Waals surface area contributed by atoms with E-state index in [1.54, 1.807) is 52.0 Å². The van der Waals surface area contributed by atoms with Crippen molar-refractivity contribution in [2.24, 2.45) is 16.8 Å². The van der Waals surface area contributed by atoms with Crippen LogP contribution in [0.2, 0.25) is 0 Å². The average molecular weight is 645 g/mol. The van der Waals surface area contributed by atoms with E-state index in [1.807, 2.05) is 13.8 Å². The van der Waals surface area contributed by atoms with Gasteiger partial charge in [-0.2, -0.15) is 0 Å². The van der Waals surface area contributed by atoms with Gasteiger partial charge < -0.3 is 25.6 Å². The molecule has 12 heteroatoms.